The Bertz CT molecular complexity index is 811. The first-order chi connectivity index (χ1) is 12.3. The number of rotatable bonds is 7. The van der Waals surface area contributed by atoms with Crippen LogP contribution in [0.15, 0.2) is 81.1 Å². The van der Waals surface area contributed by atoms with Crippen molar-refractivity contribution in [1.82, 2.24) is 0 Å². The lowest BCUT2D eigenvalue weighted by Crippen LogP contribution is -2.06. The van der Waals surface area contributed by atoms with Gasteiger partial charge in [0, 0.05) is 9.79 Å². The average Bonchev–Trinajstić information content (AvgIpc) is 3.18. The first-order valence-electron chi connectivity index (χ1n) is 7.80. The molecule has 25 heavy (non-hydrogen) atoms. The van der Waals surface area contributed by atoms with E-state index in [-0.39, 0.29) is 12.6 Å². The second kappa shape index (κ2) is 8.83. The molecule has 0 aliphatic carbocycles. The fourth-order valence-electron chi connectivity index (χ4n) is 2.25. The molecule has 128 valence electrons. The molecule has 3 rings (SSSR count). The van der Waals surface area contributed by atoms with Crippen LogP contribution in [-0.2, 0) is 17.1 Å². The van der Waals surface area contributed by atoms with Gasteiger partial charge in [-0.25, -0.2) is 4.79 Å². The monoisotopic (exact) mass is 370 g/mol. The summed E-state index contributed by atoms with van der Waals surface area (Å²) in [4.78, 5) is 14.5. The molecular weight excluding hydrogens is 352 g/mol. The van der Waals surface area contributed by atoms with E-state index in [2.05, 4.69) is 0 Å². The van der Waals surface area contributed by atoms with Crippen molar-refractivity contribution in [2.45, 2.75) is 22.2 Å². The van der Waals surface area contributed by atoms with E-state index in [1.54, 1.807) is 35.9 Å². The minimum Gasteiger partial charge on any atom is -0.468 e. The second-order valence-electron chi connectivity index (χ2n) is 5.29. The van der Waals surface area contributed by atoms with Crippen molar-refractivity contribution in [2.75, 3.05) is 6.26 Å². The molecule has 0 fully saturated rings. The number of ether oxygens (including phenoxy) is 1. The van der Waals surface area contributed by atoms with E-state index in [1.807, 2.05) is 60.9 Å². The van der Waals surface area contributed by atoms with E-state index in [9.17, 15) is 4.79 Å². The Morgan fingerprint density at radius 3 is 2.56 bits per heavy atom. The number of carbonyl (C=O) groups is 1. The van der Waals surface area contributed by atoms with Crippen LogP contribution in [0.1, 0.15) is 21.7 Å². The summed E-state index contributed by atoms with van der Waals surface area (Å²) in [5.41, 5.74) is 1.56. The molecule has 5 heteroatoms. The molecule has 0 radical (unpaired) electrons. The third-order valence-corrected chi connectivity index (χ3v) is 5.43. The maximum atomic E-state index is 12.5. The van der Waals surface area contributed by atoms with Gasteiger partial charge in [0.25, 0.3) is 0 Å². The van der Waals surface area contributed by atoms with Crippen molar-refractivity contribution in [3.05, 3.63) is 83.8 Å². The number of hydrogen-bond acceptors (Lipinski definition) is 5. The van der Waals surface area contributed by atoms with Crippen LogP contribution in [0.3, 0.4) is 0 Å². The Labute approximate surface area is 155 Å². The molecule has 0 atom stereocenters. The molecule has 0 unspecified atom stereocenters. The Morgan fingerprint density at radius 1 is 1.04 bits per heavy atom. The van der Waals surface area contributed by atoms with Gasteiger partial charge in [0.2, 0.25) is 0 Å². The first-order valence-corrected chi connectivity index (χ1v) is 10.0. The SMILES string of the molecule is CSc1ccc(COC(=O)c2ccccc2SCc2ccco2)cc1. The summed E-state index contributed by atoms with van der Waals surface area (Å²) in [5, 5.41) is 0. The number of thioether (sulfide) groups is 2. The van der Waals surface area contributed by atoms with Crippen LogP contribution in [-0.4, -0.2) is 12.2 Å². The quantitative estimate of drug-likeness (QED) is 0.397. The van der Waals surface area contributed by atoms with E-state index in [0.717, 1.165) is 16.2 Å². The fourth-order valence-corrected chi connectivity index (χ4v) is 3.61. The third kappa shape index (κ3) is 4.94. The number of furan rings is 1. The van der Waals surface area contributed by atoms with Crippen molar-refractivity contribution in [3.63, 3.8) is 0 Å². The van der Waals surface area contributed by atoms with Gasteiger partial charge in [-0.2, -0.15) is 0 Å². The van der Waals surface area contributed by atoms with Gasteiger partial charge in [-0.1, -0.05) is 24.3 Å². The highest BCUT2D eigenvalue weighted by Crippen LogP contribution is 2.27. The molecule has 0 bridgehead atoms. The van der Waals surface area contributed by atoms with Crippen LogP contribution in [0.5, 0.6) is 0 Å². The largest absolute Gasteiger partial charge is 0.468 e. The summed E-state index contributed by atoms with van der Waals surface area (Å²) >= 11 is 3.25. The standard InChI is InChI=1S/C20H18O3S2/c1-24-17-10-8-15(9-11-17)13-23-20(21)18-6-2-3-7-19(18)25-14-16-5-4-12-22-16/h2-12H,13-14H2,1H3. The topological polar surface area (TPSA) is 39.4 Å². The normalized spacial score (nSPS) is 10.6. The van der Waals surface area contributed by atoms with E-state index < -0.39 is 0 Å². The summed E-state index contributed by atoms with van der Waals surface area (Å²) in [6.07, 6.45) is 3.69. The molecule has 1 aromatic heterocycles. The molecule has 2 aromatic carbocycles. The van der Waals surface area contributed by atoms with Crippen LogP contribution in [0.2, 0.25) is 0 Å². The van der Waals surface area contributed by atoms with E-state index in [4.69, 9.17) is 9.15 Å². The van der Waals surface area contributed by atoms with Gasteiger partial charge in [-0.15, -0.1) is 23.5 Å². The van der Waals surface area contributed by atoms with E-state index >= 15 is 0 Å². The number of carbonyl (C=O) groups excluding carboxylic acids is 1. The molecule has 3 nitrogen and oxygen atoms in total. The highest BCUT2D eigenvalue weighted by atomic mass is 32.2. The number of esters is 1. The first kappa shape index (κ1) is 17.7. The Kier molecular flexibility index (Phi) is 6.25. The summed E-state index contributed by atoms with van der Waals surface area (Å²) in [5.74, 6) is 1.24. The van der Waals surface area contributed by atoms with Crippen LogP contribution in [0.25, 0.3) is 0 Å². The van der Waals surface area contributed by atoms with Gasteiger partial charge in [0.15, 0.2) is 0 Å². The Morgan fingerprint density at radius 2 is 1.84 bits per heavy atom. The zero-order valence-electron chi connectivity index (χ0n) is 13.8. The summed E-state index contributed by atoms with van der Waals surface area (Å²) < 4.78 is 10.8. The summed E-state index contributed by atoms with van der Waals surface area (Å²) in [6.45, 7) is 0.269. The maximum Gasteiger partial charge on any atom is 0.339 e. The van der Waals surface area contributed by atoms with Gasteiger partial charge in [-0.05, 0) is 48.2 Å². The molecular formula is C20H18O3S2. The molecule has 0 aliphatic heterocycles. The lowest BCUT2D eigenvalue weighted by atomic mass is 10.2. The van der Waals surface area contributed by atoms with Crippen molar-refractivity contribution in [2.24, 2.45) is 0 Å². The van der Waals surface area contributed by atoms with Crippen LogP contribution < -0.4 is 0 Å². The molecule has 0 saturated carbocycles. The van der Waals surface area contributed by atoms with Gasteiger partial charge in [0.1, 0.15) is 12.4 Å². The second-order valence-corrected chi connectivity index (χ2v) is 7.19. The molecule has 0 amide bonds. The fraction of sp³-hybridized carbons (Fsp3) is 0.150. The molecule has 0 N–H and O–H groups in total. The van der Waals surface area contributed by atoms with Gasteiger partial charge < -0.3 is 9.15 Å². The van der Waals surface area contributed by atoms with Crippen molar-refractivity contribution in [3.8, 4) is 0 Å². The molecule has 1 heterocycles. The smallest absolute Gasteiger partial charge is 0.339 e. The number of benzene rings is 2. The van der Waals surface area contributed by atoms with Gasteiger partial charge in [0.05, 0.1) is 17.6 Å². The Balaban J connectivity index is 1.62. The highest BCUT2D eigenvalue weighted by molar-refractivity contribution is 7.98. The van der Waals surface area contributed by atoms with Gasteiger partial charge in [-0.3, -0.25) is 0 Å². The maximum absolute atomic E-state index is 12.5. The molecule has 0 spiro atoms. The zero-order chi connectivity index (χ0) is 17.5. The Hall–Kier alpha value is -2.11. The van der Waals surface area contributed by atoms with Crippen LogP contribution in [0.4, 0.5) is 0 Å². The highest BCUT2D eigenvalue weighted by Gasteiger charge is 2.13. The predicted molar refractivity (Wildman–Crippen MR) is 102 cm³/mol. The molecule has 0 aliphatic rings. The third-order valence-electron chi connectivity index (χ3n) is 3.59. The van der Waals surface area contributed by atoms with Crippen molar-refractivity contribution < 1.29 is 13.9 Å². The van der Waals surface area contributed by atoms with Crippen molar-refractivity contribution >= 4 is 29.5 Å². The molecule has 3 aromatic rings. The minimum absolute atomic E-state index is 0.269. The van der Waals surface area contributed by atoms with Gasteiger partial charge >= 0.3 is 5.97 Å². The lowest BCUT2D eigenvalue weighted by Gasteiger charge is -2.09. The zero-order valence-corrected chi connectivity index (χ0v) is 15.4. The van der Waals surface area contributed by atoms with E-state index in [0.29, 0.717) is 11.3 Å². The minimum atomic E-state index is -0.309. The molecule has 0 saturated heterocycles. The average molecular weight is 370 g/mol. The number of hydrogen-bond donors (Lipinski definition) is 0. The predicted octanol–water partition coefficient (Wildman–Crippen LogP) is 5.65. The summed E-state index contributed by atoms with van der Waals surface area (Å²) in [6, 6.07) is 19.3. The summed E-state index contributed by atoms with van der Waals surface area (Å²) in [7, 11) is 0. The van der Waals surface area contributed by atoms with E-state index in [1.165, 1.54) is 4.90 Å². The lowest BCUT2D eigenvalue weighted by molar-refractivity contribution is 0.0468. The van der Waals surface area contributed by atoms with Crippen LogP contribution in [0, 0.1) is 0 Å². The van der Waals surface area contributed by atoms with Crippen molar-refractivity contribution in [1.29, 1.82) is 0 Å². The van der Waals surface area contributed by atoms with Crippen LogP contribution >= 0.6 is 23.5 Å².